The molecule has 0 radical (unpaired) electrons. The summed E-state index contributed by atoms with van der Waals surface area (Å²) in [6.45, 7) is 8.42. The Balaban J connectivity index is 1.67. The maximum atomic E-state index is 5.98. The van der Waals surface area contributed by atoms with E-state index < -0.39 is 0 Å². The molecular weight excluding hydrogens is 342 g/mol. The third-order valence-corrected chi connectivity index (χ3v) is 4.10. The fourth-order valence-electron chi connectivity index (χ4n) is 2.62. The monoisotopic (exact) mass is 367 g/mol. The van der Waals surface area contributed by atoms with Gasteiger partial charge in [0.1, 0.15) is 6.61 Å². The Morgan fingerprint density at radius 3 is 2.48 bits per heavy atom. The third kappa shape index (κ3) is 4.97. The number of nitrogens with one attached hydrogen (secondary N) is 1. The van der Waals surface area contributed by atoms with E-state index in [-0.39, 0.29) is 0 Å². The number of nitrogens with zero attached hydrogens (tertiary/aromatic N) is 4. The molecule has 0 saturated carbocycles. The van der Waals surface area contributed by atoms with Crippen LogP contribution in [0.2, 0.25) is 0 Å². The molecule has 0 bridgehead atoms. The van der Waals surface area contributed by atoms with Crippen molar-refractivity contribution in [2.45, 2.75) is 40.5 Å². The molecule has 0 amide bonds. The van der Waals surface area contributed by atoms with Gasteiger partial charge in [-0.05, 0) is 54.5 Å². The van der Waals surface area contributed by atoms with Crippen LogP contribution in [0.25, 0.3) is 0 Å². The zero-order chi connectivity index (χ0) is 19.1. The lowest BCUT2D eigenvalue weighted by Gasteiger charge is -2.14. The normalized spacial score (nSPS) is 10.6. The SMILES string of the molecule is CCOc1cc(CNc2nnnn2CC)ccc1OCc1ccc(C)cc1. The minimum absolute atomic E-state index is 0.503. The van der Waals surface area contributed by atoms with Crippen LogP contribution in [0.4, 0.5) is 5.95 Å². The number of aromatic nitrogens is 4. The van der Waals surface area contributed by atoms with Crippen LogP contribution in [0, 0.1) is 6.92 Å². The van der Waals surface area contributed by atoms with Gasteiger partial charge in [0.05, 0.1) is 6.61 Å². The summed E-state index contributed by atoms with van der Waals surface area (Å²) < 4.78 is 13.5. The molecule has 142 valence electrons. The van der Waals surface area contributed by atoms with Crippen molar-refractivity contribution in [3.05, 3.63) is 59.2 Å². The van der Waals surface area contributed by atoms with Gasteiger partial charge >= 0.3 is 0 Å². The molecule has 0 atom stereocenters. The highest BCUT2D eigenvalue weighted by Gasteiger charge is 2.09. The second-order valence-corrected chi connectivity index (χ2v) is 6.16. The van der Waals surface area contributed by atoms with Gasteiger partial charge in [0.2, 0.25) is 5.95 Å². The van der Waals surface area contributed by atoms with E-state index in [0.717, 1.165) is 22.6 Å². The van der Waals surface area contributed by atoms with Gasteiger partial charge in [-0.3, -0.25) is 0 Å². The molecule has 7 heteroatoms. The summed E-state index contributed by atoms with van der Waals surface area (Å²) >= 11 is 0. The summed E-state index contributed by atoms with van der Waals surface area (Å²) in [4.78, 5) is 0. The van der Waals surface area contributed by atoms with Crippen molar-refractivity contribution in [1.29, 1.82) is 0 Å². The Bertz CT molecular complexity index is 861. The largest absolute Gasteiger partial charge is 0.490 e. The summed E-state index contributed by atoms with van der Waals surface area (Å²) in [5.41, 5.74) is 3.42. The molecule has 0 unspecified atom stereocenters. The van der Waals surface area contributed by atoms with Gasteiger partial charge in [-0.25, -0.2) is 4.68 Å². The van der Waals surface area contributed by atoms with E-state index in [1.54, 1.807) is 4.68 Å². The first kappa shape index (κ1) is 18.7. The Morgan fingerprint density at radius 1 is 0.963 bits per heavy atom. The maximum absolute atomic E-state index is 5.98. The van der Waals surface area contributed by atoms with Crippen LogP contribution < -0.4 is 14.8 Å². The van der Waals surface area contributed by atoms with Crippen LogP contribution >= 0.6 is 0 Å². The third-order valence-electron chi connectivity index (χ3n) is 4.10. The van der Waals surface area contributed by atoms with E-state index in [9.17, 15) is 0 Å². The molecule has 27 heavy (non-hydrogen) atoms. The molecule has 7 nitrogen and oxygen atoms in total. The molecule has 2 aromatic carbocycles. The number of benzene rings is 2. The average molecular weight is 367 g/mol. The Hall–Kier alpha value is -3.09. The van der Waals surface area contributed by atoms with Crippen LogP contribution in [0.15, 0.2) is 42.5 Å². The van der Waals surface area contributed by atoms with E-state index in [1.807, 2.05) is 32.0 Å². The van der Waals surface area contributed by atoms with Crippen LogP contribution in [-0.4, -0.2) is 26.8 Å². The number of hydrogen-bond donors (Lipinski definition) is 1. The van der Waals surface area contributed by atoms with Gasteiger partial charge in [-0.15, -0.1) is 0 Å². The zero-order valence-electron chi connectivity index (χ0n) is 16.0. The van der Waals surface area contributed by atoms with Crippen LogP contribution in [-0.2, 0) is 19.7 Å². The average Bonchev–Trinajstić information content (AvgIpc) is 3.15. The van der Waals surface area contributed by atoms with Crippen LogP contribution in [0.1, 0.15) is 30.5 Å². The van der Waals surface area contributed by atoms with Gasteiger partial charge < -0.3 is 14.8 Å². The van der Waals surface area contributed by atoms with E-state index in [4.69, 9.17) is 9.47 Å². The van der Waals surface area contributed by atoms with E-state index >= 15 is 0 Å². The summed E-state index contributed by atoms with van der Waals surface area (Å²) in [5.74, 6) is 2.12. The van der Waals surface area contributed by atoms with E-state index in [2.05, 4.69) is 52.0 Å². The Labute approximate surface area is 159 Å². The number of hydrogen-bond acceptors (Lipinski definition) is 6. The lowest BCUT2D eigenvalue weighted by atomic mass is 10.1. The Kier molecular flexibility index (Phi) is 6.25. The van der Waals surface area contributed by atoms with Crippen molar-refractivity contribution < 1.29 is 9.47 Å². The molecule has 0 saturated heterocycles. The number of rotatable bonds is 9. The fourth-order valence-corrected chi connectivity index (χ4v) is 2.62. The highest BCUT2D eigenvalue weighted by Crippen LogP contribution is 2.29. The number of aryl methyl sites for hydroxylation is 2. The van der Waals surface area contributed by atoms with Crippen molar-refractivity contribution in [2.24, 2.45) is 0 Å². The first-order valence-corrected chi connectivity index (χ1v) is 9.13. The second-order valence-electron chi connectivity index (χ2n) is 6.16. The summed E-state index contributed by atoms with van der Waals surface area (Å²) in [5, 5.41) is 14.8. The lowest BCUT2D eigenvalue weighted by molar-refractivity contribution is 0.269. The minimum Gasteiger partial charge on any atom is -0.490 e. The molecule has 3 rings (SSSR count). The van der Waals surface area contributed by atoms with Crippen molar-refractivity contribution in [1.82, 2.24) is 20.2 Å². The fraction of sp³-hybridized carbons (Fsp3) is 0.350. The van der Waals surface area contributed by atoms with Crippen molar-refractivity contribution in [2.75, 3.05) is 11.9 Å². The minimum atomic E-state index is 0.503. The molecule has 1 aromatic heterocycles. The molecule has 0 fully saturated rings. The van der Waals surface area contributed by atoms with Gasteiger partial charge in [0.25, 0.3) is 0 Å². The predicted molar refractivity (Wildman–Crippen MR) is 104 cm³/mol. The molecule has 0 aliphatic rings. The lowest BCUT2D eigenvalue weighted by Crippen LogP contribution is -2.08. The summed E-state index contributed by atoms with van der Waals surface area (Å²) in [6.07, 6.45) is 0. The molecule has 1 heterocycles. The standard InChI is InChI=1S/C20H25N5O2/c1-4-25-20(22-23-24-25)21-13-17-10-11-18(19(12-17)26-5-2)27-14-16-8-6-15(3)7-9-16/h6-12H,4-5,13-14H2,1-3H3,(H,21,22,24). The highest BCUT2D eigenvalue weighted by molar-refractivity contribution is 5.44. The van der Waals surface area contributed by atoms with Crippen molar-refractivity contribution >= 4 is 5.95 Å². The van der Waals surface area contributed by atoms with Crippen LogP contribution in [0.3, 0.4) is 0 Å². The quantitative estimate of drug-likeness (QED) is 0.623. The highest BCUT2D eigenvalue weighted by atomic mass is 16.5. The molecule has 0 spiro atoms. The van der Waals surface area contributed by atoms with Gasteiger partial charge in [-0.1, -0.05) is 41.0 Å². The van der Waals surface area contributed by atoms with E-state index in [0.29, 0.717) is 32.3 Å². The first-order chi connectivity index (χ1) is 13.2. The van der Waals surface area contributed by atoms with Crippen molar-refractivity contribution in [3.63, 3.8) is 0 Å². The van der Waals surface area contributed by atoms with E-state index in [1.165, 1.54) is 5.56 Å². The molecule has 0 aliphatic heterocycles. The summed E-state index contributed by atoms with van der Waals surface area (Å²) in [6, 6.07) is 14.3. The van der Waals surface area contributed by atoms with Gasteiger partial charge in [0.15, 0.2) is 11.5 Å². The molecule has 3 aromatic rings. The van der Waals surface area contributed by atoms with Crippen molar-refractivity contribution in [3.8, 4) is 11.5 Å². The van der Waals surface area contributed by atoms with Gasteiger partial charge in [-0.2, -0.15) is 0 Å². The van der Waals surface area contributed by atoms with Crippen LogP contribution in [0.5, 0.6) is 11.5 Å². The number of tetrazole rings is 1. The topological polar surface area (TPSA) is 74.1 Å². The Morgan fingerprint density at radius 2 is 1.74 bits per heavy atom. The smallest absolute Gasteiger partial charge is 0.243 e. The number of ether oxygens (including phenoxy) is 2. The first-order valence-electron chi connectivity index (χ1n) is 9.13. The summed E-state index contributed by atoms with van der Waals surface area (Å²) in [7, 11) is 0. The maximum Gasteiger partial charge on any atom is 0.243 e. The second kappa shape index (κ2) is 9.02. The number of anilines is 1. The predicted octanol–water partition coefficient (Wildman–Crippen LogP) is 3.59. The molecule has 0 aliphatic carbocycles. The molecule has 1 N–H and O–H groups in total. The van der Waals surface area contributed by atoms with Gasteiger partial charge in [0, 0.05) is 13.1 Å². The molecular formula is C20H25N5O2. The zero-order valence-corrected chi connectivity index (χ0v) is 16.0.